The van der Waals surface area contributed by atoms with Crippen LogP contribution in [0, 0.1) is 0 Å². The SMILES string of the molecule is CC(C)(C)c1cc(-c2ccc(N3c4cc(-n5c6ccccc6c6ccccc65)ccc4B4c5ccc(-n6c7ccccc7c7ccccc76)cc5N(/C=C(/C=C\C=C\c5cccc(-c6ccccc6)c5)c5cccc(-c6ccccc6)c5)c5cc(-n6c7ccc(C(C)(C)C)cc7c7cc(C(C)(C)C)ccc76)cc3c54)cc2)cc(C(C)(C)C)c1. The molecule has 6 heteroatoms. The second-order valence-electron chi connectivity index (χ2n) is 36.6. The highest BCUT2D eigenvalue weighted by atomic mass is 15.2. The molecule has 0 radical (unpaired) electrons. The average molecular weight is 1520 g/mol. The Morgan fingerprint density at radius 3 is 1.20 bits per heavy atom. The summed E-state index contributed by atoms with van der Waals surface area (Å²) in [6.07, 6.45) is 11.5. The summed E-state index contributed by atoms with van der Waals surface area (Å²) < 4.78 is 7.57. The van der Waals surface area contributed by atoms with E-state index in [0.29, 0.717) is 0 Å². The van der Waals surface area contributed by atoms with Gasteiger partial charge in [-0.05, 0) is 220 Å². The van der Waals surface area contributed by atoms with Crippen molar-refractivity contribution >= 4 is 129 Å². The maximum atomic E-state index is 2.63. The minimum atomic E-state index is -0.253. The Kier molecular flexibility index (Phi) is 17.6. The molecule has 0 bridgehead atoms. The minimum absolute atomic E-state index is 0.0625. The van der Waals surface area contributed by atoms with Crippen molar-refractivity contribution in [3.63, 3.8) is 0 Å². The fourth-order valence-corrected chi connectivity index (χ4v) is 18.5. The van der Waals surface area contributed by atoms with E-state index in [1.165, 1.54) is 93.2 Å². The van der Waals surface area contributed by atoms with E-state index in [2.05, 4.69) is 471 Å². The molecule has 0 unspecified atom stereocenters. The van der Waals surface area contributed by atoms with Gasteiger partial charge in [0.2, 0.25) is 0 Å². The van der Waals surface area contributed by atoms with E-state index in [1.807, 2.05) is 0 Å². The van der Waals surface area contributed by atoms with Crippen LogP contribution >= 0.6 is 0 Å². The molecule has 0 saturated carbocycles. The Bertz CT molecular complexity index is 6940. The van der Waals surface area contributed by atoms with Gasteiger partial charge in [0.15, 0.2) is 0 Å². The predicted molar refractivity (Wildman–Crippen MR) is 508 cm³/mol. The topological polar surface area (TPSA) is 21.3 Å². The number of hydrogen-bond donors (Lipinski definition) is 0. The molecule has 5 heterocycles. The van der Waals surface area contributed by atoms with Gasteiger partial charge in [-0.3, -0.25) is 0 Å². The molecule has 3 aromatic heterocycles. The van der Waals surface area contributed by atoms with E-state index >= 15 is 0 Å². The van der Waals surface area contributed by atoms with Gasteiger partial charge in [0.25, 0.3) is 6.71 Å². The third-order valence-electron chi connectivity index (χ3n) is 24.9. The van der Waals surface area contributed by atoms with Gasteiger partial charge in [0.05, 0.1) is 38.8 Å². The van der Waals surface area contributed by atoms with E-state index in [4.69, 9.17) is 0 Å². The lowest BCUT2D eigenvalue weighted by Crippen LogP contribution is -2.61. The number of fused-ring (bicyclic) bond motifs is 13. The second kappa shape index (κ2) is 28.2. The lowest BCUT2D eigenvalue weighted by Gasteiger charge is -2.44. The first kappa shape index (κ1) is 73.5. The van der Waals surface area contributed by atoms with Crippen LogP contribution in [-0.4, -0.2) is 20.4 Å². The highest BCUT2D eigenvalue weighted by molar-refractivity contribution is 7.00. The maximum absolute atomic E-state index is 2.63. The van der Waals surface area contributed by atoms with Gasteiger partial charge in [-0.2, -0.15) is 0 Å². The van der Waals surface area contributed by atoms with Crippen LogP contribution in [0.25, 0.3) is 128 Å². The van der Waals surface area contributed by atoms with Gasteiger partial charge in [0, 0.05) is 78.3 Å². The zero-order valence-corrected chi connectivity index (χ0v) is 69.5. The molecule has 0 saturated heterocycles. The number of anilines is 5. The normalized spacial score (nSPS) is 13.4. The Morgan fingerprint density at radius 2 is 0.686 bits per heavy atom. The summed E-state index contributed by atoms with van der Waals surface area (Å²) in [5.74, 6) is 0. The van der Waals surface area contributed by atoms with Crippen molar-refractivity contribution < 1.29 is 0 Å². The molecule has 118 heavy (non-hydrogen) atoms. The van der Waals surface area contributed by atoms with E-state index in [-0.39, 0.29) is 28.4 Å². The monoisotopic (exact) mass is 1520 g/mol. The highest BCUT2D eigenvalue weighted by Gasteiger charge is 2.44. The number of para-hydroxylation sites is 4. The van der Waals surface area contributed by atoms with E-state index in [1.54, 1.807) is 0 Å². The summed E-state index contributed by atoms with van der Waals surface area (Å²) in [6, 6.07) is 126. The first-order chi connectivity index (χ1) is 57.0. The van der Waals surface area contributed by atoms with Crippen LogP contribution in [0.1, 0.15) is 116 Å². The minimum Gasteiger partial charge on any atom is -0.317 e. The molecule has 572 valence electrons. The van der Waals surface area contributed by atoms with Crippen molar-refractivity contribution in [3.05, 3.63) is 391 Å². The summed E-state index contributed by atoms with van der Waals surface area (Å²) in [5.41, 5.74) is 34.5. The Labute approximate surface area is 694 Å². The summed E-state index contributed by atoms with van der Waals surface area (Å²) in [4.78, 5) is 5.22. The number of benzene rings is 15. The van der Waals surface area contributed by atoms with Crippen molar-refractivity contribution in [2.45, 2.75) is 105 Å². The average Bonchev–Trinajstić information content (AvgIpc) is 0.926. The van der Waals surface area contributed by atoms with Crippen LogP contribution in [0.4, 0.5) is 28.4 Å². The van der Waals surface area contributed by atoms with E-state index in [0.717, 1.165) is 106 Å². The fourth-order valence-electron chi connectivity index (χ4n) is 18.5. The number of nitrogens with zero attached hydrogens (tertiary/aromatic N) is 5. The summed E-state index contributed by atoms with van der Waals surface area (Å²) >= 11 is 0. The predicted octanol–water partition coefficient (Wildman–Crippen LogP) is 28.2. The number of aromatic nitrogens is 3. The first-order valence-electron chi connectivity index (χ1n) is 41.8. The molecular weight excluding hydrogens is 1430 g/mol. The molecule has 2 aliphatic heterocycles. The summed E-state index contributed by atoms with van der Waals surface area (Å²) in [6.45, 7) is 27.8. The van der Waals surface area contributed by atoms with Crippen LogP contribution in [-0.2, 0) is 21.7 Å². The Morgan fingerprint density at radius 1 is 0.271 bits per heavy atom. The summed E-state index contributed by atoms with van der Waals surface area (Å²) in [5, 5.41) is 7.36. The number of allylic oxidation sites excluding steroid dienone is 4. The smallest absolute Gasteiger partial charge is 0.252 e. The van der Waals surface area contributed by atoms with Crippen molar-refractivity contribution in [1.29, 1.82) is 0 Å². The van der Waals surface area contributed by atoms with Crippen LogP contribution in [0.3, 0.4) is 0 Å². The Balaban J connectivity index is 0.907. The molecule has 2 aliphatic rings. The van der Waals surface area contributed by atoms with E-state index < -0.39 is 0 Å². The number of rotatable bonds is 12. The lowest BCUT2D eigenvalue weighted by molar-refractivity contribution is 0.569. The van der Waals surface area contributed by atoms with E-state index in [9.17, 15) is 0 Å². The zero-order valence-electron chi connectivity index (χ0n) is 69.5. The Hall–Kier alpha value is -13.4. The quantitative estimate of drug-likeness (QED) is 0.0898. The molecule has 0 N–H and O–H groups in total. The molecule has 0 amide bonds. The number of hydrogen-bond acceptors (Lipinski definition) is 2. The van der Waals surface area contributed by atoms with Crippen LogP contribution < -0.4 is 26.2 Å². The molecule has 5 nitrogen and oxygen atoms in total. The molecular formula is C112H96BN5. The molecule has 0 fully saturated rings. The van der Waals surface area contributed by atoms with Gasteiger partial charge in [-0.1, -0.05) is 332 Å². The standard InChI is InChI=1S/C112H96BN5/c1-109(2,3)82-51-59-102-94(66-82)95-67-83(110(4,5)6)52-60-103(95)118(102)89-70-106-108-107(71-89)115(86-53-49-76(50-54-86)81-63-84(111(7,8)9)65-85(64-81)112(10,11)12)105-69-88(117-100-47-27-23-43-92(100)93-44-24-28-48-101(93)117)56-58-97(105)113(108)96-57-55-87(116-98-45-25-21-41-90(98)91-42-22-26-46-99(91)116)68-104(96)114(106)72-80(79-40-30-39-78(62-79)75-35-17-14-18-36-75)37-20-19-31-73-32-29-38-77(61-73)74-33-15-13-16-34-74/h13-72H,1-12H3/b31-19+,37-20-,80-72-. The third-order valence-corrected chi connectivity index (χ3v) is 24.9. The fraction of sp³-hybridized carbons (Fsp3) is 0.143. The molecule has 0 spiro atoms. The van der Waals surface area contributed by atoms with Crippen molar-refractivity contribution in [1.82, 2.24) is 13.7 Å². The van der Waals surface area contributed by atoms with Gasteiger partial charge < -0.3 is 23.5 Å². The van der Waals surface area contributed by atoms with Crippen LogP contribution in [0.5, 0.6) is 0 Å². The van der Waals surface area contributed by atoms with Crippen LogP contribution in [0.15, 0.2) is 358 Å². The maximum Gasteiger partial charge on any atom is 0.252 e. The molecule has 20 rings (SSSR count). The van der Waals surface area contributed by atoms with Crippen LogP contribution in [0.2, 0.25) is 0 Å². The third kappa shape index (κ3) is 12.8. The molecule has 0 atom stereocenters. The van der Waals surface area contributed by atoms with Gasteiger partial charge in [-0.25, -0.2) is 0 Å². The van der Waals surface area contributed by atoms with Crippen molar-refractivity contribution in [2.75, 3.05) is 9.80 Å². The van der Waals surface area contributed by atoms with Crippen molar-refractivity contribution in [3.8, 4) is 50.4 Å². The highest BCUT2D eigenvalue weighted by Crippen LogP contribution is 2.49. The zero-order chi connectivity index (χ0) is 80.7. The van der Waals surface area contributed by atoms with Crippen molar-refractivity contribution in [2.24, 2.45) is 0 Å². The molecule has 18 aromatic rings. The van der Waals surface area contributed by atoms with Gasteiger partial charge in [-0.15, -0.1) is 0 Å². The lowest BCUT2D eigenvalue weighted by atomic mass is 9.33. The van der Waals surface area contributed by atoms with Gasteiger partial charge in [0.1, 0.15) is 0 Å². The van der Waals surface area contributed by atoms with Gasteiger partial charge >= 0.3 is 0 Å². The second-order valence-corrected chi connectivity index (χ2v) is 36.6. The first-order valence-corrected chi connectivity index (χ1v) is 41.8. The largest absolute Gasteiger partial charge is 0.317 e. The summed E-state index contributed by atoms with van der Waals surface area (Å²) in [7, 11) is 0. The molecule has 0 aliphatic carbocycles. The molecule has 15 aromatic carbocycles.